The standard InChI is InChI=1S/C22H26ClN3O3/c1-5-26-21(29)18-19(27)17-16(25(18)12-22(26,3)4)8-9-24(20(17)28)11-14-7-6-13(2)15(23)10-14/h6-7,10,27H,5,8-9,11-12H2,1-4H3. The molecule has 29 heavy (non-hydrogen) atoms. The summed E-state index contributed by atoms with van der Waals surface area (Å²) in [5.74, 6) is -0.646. The molecule has 0 aliphatic carbocycles. The Kier molecular flexibility index (Phi) is 4.65. The van der Waals surface area contributed by atoms with E-state index >= 15 is 0 Å². The fourth-order valence-electron chi connectivity index (χ4n) is 4.58. The van der Waals surface area contributed by atoms with Gasteiger partial charge in [-0.25, -0.2) is 0 Å². The first-order valence-electron chi connectivity index (χ1n) is 9.96. The highest BCUT2D eigenvalue weighted by Crippen LogP contribution is 2.40. The normalized spacial score (nSPS) is 18.1. The van der Waals surface area contributed by atoms with Gasteiger partial charge in [0.2, 0.25) is 0 Å². The lowest BCUT2D eigenvalue weighted by molar-refractivity contribution is 0.0427. The lowest BCUT2D eigenvalue weighted by atomic mass is 9.99. The van der Waals surface area contributed by atoms with Crippen LogP contribution in [-0.4, -0.2) is 49.9 Å². The molecule has 1 aromatic heterocycles. The van der Waals surface area contributed by atoms with Crippen LogP contribution in [0, 0.1) is 6.92 Å². The molecule has 3 heterocycles. The summed E-state index contributed by atoms with van der Waals surface area (Å²) in [4.78, 5) is 29.7. The number of fused-ring (bicyclic) bond motifs is 3. The minimum absolute atomic E-state index is 0.185. The molecule has 2 amide bonds. The van der Waals surface area contributed by atoms with Crippen molar-refractivity contribution in [1.29, 1.82) is 0 Å². The number of hydrogen-bond acceptors (Lipinski definition) is 3. The Labute approximate surface area is 175 Å². The van der Waals surface area contributed by atoms with E-state index in [1.165, 1.54) is 0 Å². The maximum Gasteiger partial charge on any atom is 0.274 e. The van der Waals surface area contributed by atoms with Crippen LogP contribution in [0.1, 0.15) is 58.4 Å². The minimum atomic E-state index is -0.378. The van der Waals surface area contributed by atoms with Crippen molar-refractivity contribution in [1.82, 2.24) is 14.4 Å². The van der Waals surface area contributed by atoms with Gasteiger partial charge in [0.15, 0.2) is 11.4 Å². The van der Waals surface area contributed by atoms with Gasteiger partial charge < -0.3 is 19.5 Å². The van der Waals surface area contributed by atoms with Crippen LogP contribution >= 0.6 is 11.6 Å². The predicted octanol–water partition coefficient (Wildman–Crippen LogP) is 3.61. The molecule has 154 valence electrons. The molecule has 0 atom stereocenters. The number of aromatic hydroxyl groups is 1. The molecule has 0 unspecified atom stereocenters. The zero-order chi connectivity index (χ0) is 21.1. The van der Waals surface area contributed by atoms with Crippen LogP contribution in [0.15, 0.2) is 18.2 Å². The Morgan fingerprint density at radius 3 is 2.59 bits per heavy atom. The Morgan fingerprint density at radius 1 is 1.21 bits per heavy atom. The maximum atomic E-state index is 13.2. The van der Waals surface area contributed by atoms with E-state index in [1.807, 2.05) is 50.5 Å². The number of halogens is 1. The van der Waals surface area contributed by atoms with Gasteiger partial charge in [0.1, 0.15) is 5.56 Å². The van der Waals surface area contributed by atoms with Crippen LogP contribution in [0.3, 0.4) is 0 Å². The number of aromatic nitrogens is 1. The highest BCUT2D eigenvalue weighted by Gasteiger charge is 2.44. The van der Waals surface area contributed by atoms with E-state index in [4.69, 9.17) is 11.6 Å². The third kappa shape index (κ3) is 3.01. The SMILES string of the molecule is CCN1C(=O)c2c(O)c3c(n2CC1(C)C)CCN(Cc1ccc(C)c(Cl)c1)C3=O. The van der Waals surface area contributed by atoms with Crippen LogP contribution in [0.2, 0.25) is 5.02 Å². The summed E-state index contributed by atoms with van der Waals surface area (Å²) in [6, 6.07) is 5.77. The largest absolute Gasteiger partial charge is 0.505 e. The number of benzene rings is 1. The third-order valence-electron chi connectivity index (χ3n) is 6.11. The Hall–Kier alpha value is -2.47. The van der Waals surface area contributed by atoms with Crippen molar-refractivity contribution in [3.05, 3.63) is 51.3 Å². The Balaban J connectivity index is 1.71. The number of nitrogens with zero attached hydrogens (tertiary/aromatic N) is 3. The maximum absolute atomic E-state index is 13.2. The van der Waals surface area contributed by atoms with Crippen LogP contribution in [0.5, 0.6) is 5.75 Å². The van der Waals surface area contributed by atoms with Crippen molar-refractivity contribution in [2.75, 3.05) is 13.1 Å². The van der Waals surface area contributed by atoms with E-state index in [9.17, 15) is 14.7 Å². The number of carbonyl (C=O) groups is 2. The van der Waals surface area contributed by atoms with Crippen molar-refractivity contribution in [2.45, 2.75) is 52.7 Å². The monoisotopic (exact) mass is 415 g/mol. The van der Waals surface area contributed by atoms with Gasteiger partial charge in [-0.05, 0) is 44.9 Å². The second-order valence-corrected chi connectivity index (χ2v) is 8.93. The van der Waals surface area contributed by atoms with Crippen molar-refractivity contribution >= 4 is 23.4 Å². The molecule has 4 rings (SSSR count). The van der Waals surface area contributed by atoms with Crippen LogP contribution in [0.25, 0.3) is 0 Å². The van der Waals surface area contributed by atoms with Gasteiger partial charge in [0.25, 0.3) is 11.8 Å². The average Bonchev–Trinajstić information content (AvgIpc) is 2.92. The molecule has 0 fully saturated rings. The first kappa shape index (κ1) is 19.8. The smallest absolute Gasteiger partial charge is 0.274 e. The molecule has 1 N–H and O–H groups in total. The number of carbonyl (C=O) groups excluding carboxylic acids is 2. The lowest BCUT2D eigenvalue weighted by Gasteiger charge is -2.43. The summed E-state index contributed by atoms with van der Waals surface area (Å²) >= 11 is 6.22. The van der Waals surface area contributed by atoms with Crippen molar-refractivity contribution in [3.63, 3.8) is 0 Å². The van der Waals surface area contributed by atoms with Crippen LogP contribution in [0.4, 0.5) is 0 Å². The van der Waals surface area contributed by atoms with Crippen molar-refractivity contribution < 1.29 is 14.7 Å². The lowest BCUT2D eigenvalue weighted by Crippen LogP contribution is -2.54. The summed E-state index contributed by atoms with van der Waals surface area (Å²) in [6.07, 6.45) is 0.601. The molecule has 0 spiro atoms. The quantitative estimate of drug-likeness (QED) is 0.832. The molecule has 0 saturated carbocycles. The van der Waals surface area contributed by atoms with Crippen LogP contribution in [-0.2, 0) is 19.5 Å². The number of aryl methyl sites for hydroxylation is 1. The van der Waals surface area contributed by atoms with E-state index in [-0.39, 0.29) is 34.4 Å². The fraction of sp³-hybridized carbons (Fsp3) is 0.455. The molecule has 6 nitrogen and oxygen atoms in total. The average molecular weight is 416 g/mol. The van der Waals surface area contributed by atoms with E-state index in [1.54, 1.807) is 9.80 Å². The summed E-state index contributed by atoms with van der Waals surface area (Å²) in [7, 11) is 0. The van der Waals surface area contributed by atoms with Crippen molar-refractivity contribution in [2.24, 2.45) is 0 Å². The third-order valence-corrected chi connectivity index (χ3v) is 6.52. The van der Waals surface area contributed by atoms with Gasteiger partial charge >= 0.3 is 0 Å². The fourth-order valence-corrected chi connectivity index (χ4v) is 4.79. The summed E-state index contributed by atoms with van der Waals surface area (Å²) in [6.45, 7) is 9.95. The first-order valence-corrected chi connectivity index (χ1v) is 10.3. The van der Waals surface area contributed by atoms with E-state index in [0.29, 0.717) is 37.6 Å². The van der Waals surface area contributed by atoms with Gasteiger partial charge in [0.05, 0.1) is 5.54 Å². The highest BCUT2D eigenvalue weighted by molar-refractivity contribution is 6.31. The van der Waals surface area contributed by atoms with Gasteiger partial charge in [-0.15, -0.1) is 0 Å². The topological polar surface area (TPSA) is 65.8 Å². The number of likely N-dealkylation sites (N-methyl/N-ethyl adjacent to an activating group) is 1. The van der Waals surface area contributed by atoms with Gasteiger partial charge in [-0.2, -0.15) is 0 Å². The van der Waals surface area contributed by atoms with Gasteiger partial charge in [-0.1, -0.05) is 23.7 Å². The van der Waals surface area contributed by atoms with E-state index in [0.717, 1.165) is 16.8 Å². The van der Waals surface area contributed by atoms with Gasteiger partial charge in [-0.3, -0.25) is 9.59 Å². The molecule has 0 bridgehead atoms. The number of amides is 2. The molecular weight excluding hydrogens is 390 g/mol. The molecule has 2 aliphatic rings. The summed E-state index contributed by atoms with van der Waals surface area (Å²) in [5.41, 5.74) is 2.82. The Bertz CT molecular complexity index is 1020. The van der Waals surface area contributed by atoms with Crippen molar-refractivity contribution in [3.8, 4) is 5.75 Å². The van der Waals surface area contributed by atoms with Crippen LogP contribution < -0.4 is 0 Å². The number of rotatable bonds is 3. The molecule has 0 radical (unpaired) electrons. The molecular formula is C22H26ClN3O3. The summed E-state index contributed by atoms with van der Waals surface area (Å²) in [5, 5.41) is 11.5. The zero-order valence-electron chi connectivity index (χ0n) is 17.3. The van der Waals surface area contributed by atoms with E-state index < -0.39 is 0 Å². The van der Waals surface area contributed by atoms with E-state index in [2.05, 4.69) is 0 Å². The number of hydrogen-bond donors (Lipinski definition) is 1. The molecule has 2 aromatic rings. The first-order chi connectivity index (χ1) is 13.7. The highest BCUT2D eigenvalue weighted by atomic mass is 35.5. The second kappa shape index (κ2) is 6.80. The molecule has 1 aromatic carbocycles. The molecule has 2 aliphatic heterocycles. The molecule has 7 heteroatoms. The second-order valence-electron chi connectivity index (χ2n) is 8.53. The molecule has 0 saturated heterocycles. The predicted molar refractivity (Wildman–Crippen MR) is 112 cm³/mol. The summed E-state index contributed by atoms with van der Waals surface area (Å²) < 4.78 is 1.86. The Morgan fingerprint density at radius 2 is 1.93 bits per heavy atom. The zero-order valence-corrected chi connectivity index (χ0v) is 18.0. The van der Waals surface area contributed by atoms with Gasteiger partial charge in [0, 0.05) is 43.3 Å². The minimum Gasteiger partial charge on any atom is -0.505 e.